The number of rotatable bonds is 11. The molecule has 7 nitrogen and oxygen atoms in total. The van der Waals surface area contributed by atoms with E-state index in [1.54, 1.807) is 49.4 Å². The van der Waals surface area contributed by atoms with Crippen LogP contribution < -0.4 is 5.32 Å². The van der Waals surface area contributed by atoms with Crippen LogP contribution in [0.15, 0.2) is 78.9 Å². The molecule has 0 aliphatic heterocycles. The SMILES string of the molecule is C[C@@H](C(=O)NCc1ccc(Cl)cc1Cl)N(Cc1ccccc1)C(=O)CN(Cc1ccccc1)S(C)(=O)=O. The normalized spacial score (nSPS) is 12.2. The molecule has 3 aromatic carbocycles. The van der Waals surface area contributed by atoms with E-state index in [0.717, 1.165) is 21.7 Å². The molecule has 0 aliphatic rings. The number of carbonyl (C=O) groups is 2. The quantitative estimate of drug-likeness (QED) is 0.373. The molecule has 0 bridgehead atoms. The highest BCUT2D eigenvalue weighted by Crippen LogP contribution is 2.21. The fourth-order valence-corrected chi connectivity index (χ4v) is 4.88. The van der Waals surface area contributed by atoms with Crippen LogP contribution in [0.5, 0.6) is 0 Å². The Hall–Kier alpha value is -2.91. The zero-order valence-electron chi connectivity index (χ0n) is 20.6. The molecule has 0 heterocycles. The summed E-state index contributed by atoms with van der Waals surface area (Å²) in [6, 6.07) is 22.4. The van der Waals surface area contributed by atoms with Crippen LogP contribution >= 0.6 is 23.2 Å². The van der Waals surface area contributed by atoms with Crippen molar-refractivity contribution in [2.24, 2.45) is 0 Å². The van der Waals surface area contributed by atoms with Crippen molar-refractivity contribution in [1.29, 1.82) is 0 Å². The number of halogens is 2. The van der Waals surface area contributed by atoms with E-state index in [1.165, 1.54) is 4.90 Å². The Morgan fingerprint density at radius 3 is 2.00 bits per heavy atom. The van der Waals surface area contributed by atoms with Crippen molar-refractivity contribution < 1.29 is 18.0 Å². The van der Waals surface area contributed by atoms with Crippen LogP contribution in [0.25, 0.3) is 0 Å². The first-order valence-corrected chi connectivity index (χ1v) is 14.2. The summed E-state index contributed by atoms with van der Waals surface area (Å²) in [5.41, 5.74) is 2.24. The molecule has 0 saturated heterocycles. The van der Waals surface area contributed by atoms with Gasteiger partial charge >= 0.3 is 0 Å². The fraction of sp³-hybridized carbons (Fsp3) is 0.259. The maximum absolute atomic E-state index is 13.5. The van der Waals surface area contributed by atoms with Gasteiger partial charge in [0.15, 0.2) is 0 Å². The van der Waals surface area contributed by atoms with Gasteiger partial charge in [-0.05, 0) is 35.7 Å². The van der Waals surface area contributed by atoms with Crippen molar-refractivity contribution in [3.05, 3.63) is 106 Å². The minimum atomic E-state index is -3.71. The lowest BCUT2D eigenvalue weighted by atomic mass is 10.1. The molecule has 0 saturated carbocycles. The van der Waals surface area contributed by atoms with E-state index in [-0.39, 0.29) is 19.6 Å². The van der Waals surface area contributed by atoms with E-state index in [9.17, 15) is 18.0 Å². The van der Waals surface area contributed by atoms with Crippen molar-refractivity contribution in [1.82, 2.24) is 14.5 Å². The Bertz CT molecular complexity index is 1320. The maximum Gasteiger partial charge on any atom is 0.242 e. The highest BCUT2D eigenvalue weighted by molar-refractivity contribution is 7.88. The number of hydrogen-bond donors (Lipinski definition) is 1. The van der Waals surface area contributed by atoms with Crippen LogP contribution in [0, 0.1) is 0 Å². The molecule has 0 radical (unpaired) electrons. The average Bonchev–Trinajstić information content (AvgIpc) is 2.86. The van der Waals surface area contributed by atoms with Gasteiger partial charge in [0, 0.05) is 29.7 Å². The summed E-state index contributed by atoms with van der Waals surface area (Å²) in [5, 5.41) is 3.72. The number of nitrogens with zero attached hydrogens (tertiary/aromatic N) is 2. The molecule has 0 aliphatic carbocycles. The molecular formula is C27H29Cl2N3O4S. The molecular weight excluding hydrogens is 533 g/mol. The van der Waals surface area contributed by atoms with Gasteiger partial charge in [0.2, 0.25) is 21.8 Å². The molecule has 3 rings (SSSR count). The van der Waals surface area contributed by atoms with Crippen LogP contribution in [-0.4, -0.2) is 48.3 Å². The predicted octanol–water partition coefficient (Wildman–Crippen LogP) is 4.49. The van der Waals surface area contributed by atoms with Gasteiger partial charge in [-0.25, -0.2) is 8.42 Å². The van der Waals surface area contributed by atoms with Crippen molar-refractivity contribution in [2.75, 3.05) is 12.8 Å². The number of benzene rings is 3. The highest BCUT2D eigenvalue weighted by Gasteiger charge is 2.30. The number of carbonyl (C=O) groups excluding carboxylic acids is 2. The Morgan fingerprint density at radius 1 is 0.892 bits per heavy atom. The topological polar surface area (TPSA) is 86.8 Å². The standard InChI is InChI=1S/C27H29Cl2N3O4S/c1-20(27(34)30-16-23-13-14-24(28)15-25(23)29)32(18-22-11-7-4-8-12-22)26(33)19-31(37(2,35)36)17-21-9-5-3-6-10-21/h3-15,20H,16-19H2,1-2H3,(H,30,34)/t20-/m0/s1. The monoisotopic (exact) mass is 561 g/mol. The van der Waals surface area contributed by atoms with Gasteiger partial charge in [0.25, 0.3) is 0 Å². The van der Waals surface area contributed by atoms with Gasteiger partial charge in [-0.3, -0.25) is 9.59 Å². The molecule has 10 heteroatoms. The summed E-state index contributed by atoms with van der Waals surface area (Å²) < 4.78 is 26.2. The van der Waals surface area contributed by atoms with Crippen molar-refractivity contribution in [2.45, 2.75) is 32.6 Å². The van der Waals surface area contributed by atoms with Gasteiger partial charge < -0.3 is 10.2 Å². The molecule has 196 valence electrons. The summed E-state index contributed by atoms with van der Waals surface area (Å²) in [6.45, 7) is 1.54. The molecule has 0 aromatic heterocycles. The van der Waals surface area contributed by atoms with E-state index < -0.39 is 34.4 Å². The van der Waals surface area contributed by atoms with Gasteiger partial charge in [0.05, 0.1) is 12.8 Å². The number of hydrogen-bond acceptors (Lipinski definition) is 4. The zero-order chi connectivity index (χ0) is 27.0. The third-order valence-corrected chi connectivity index (χ3v) is 7.60. The van der Waals surface area contributed by atoms with Crippen LogP contribution in [0.1, 0.15) is 23.6 Å². The number of nitrogens with one attached hydrogen (secondary N) is 1. The first-order chi connectivity index (χ1) is 17.5. The number of amides is 2. The highest BCUT2D eigenvalue weighted by atomic mass is 35.5. The minimum Gasteiger partial charge on any atom is -0.350 e. The predicted molar refractivity (Wildman–Crippen MR) is 146 cm³/mol. The Morgan fingerprint density at radius 2 is 1.46 bits per heavy atom. The van der Waals surface area contributed by atoms with E-state index in [2.05, 4.69) is 5.32 Å². The lowest BCUT2D eigenvalue weighted by molar-refractivity contribution is -0.140. The largest absolute Gasteiger partial charge is 0.350 e. The lowest BCUT2D eigenvalue weighted by Gasteiger charge is -2.31. The Kier molecular flexibility index (Phi) is 10.1. The van der Waals surface area contributed by atoms with Crippen LogP contribution in [-0.2, 0) is 39.2 Å². The summed E-state index contributed by atoms with van der Waals surface area (Å²) in [4.78, 5) is 28.0. The molecule has 0 unspecified atom stereocenters. The van der Waals surface area contributed by atoms with Crippen LogP contribution in [0.3, 0.4) is 0 Å². The molecule has 0 fully saturated rings. The second-order valence-corrected chi connectivity index (χ2v) is 11.5. The maximum atomic E-state index is 13.5. The first kappa shape index (κ1) is 28.7. The molecule has 0 spiro atoms. The summed E-state index contributed by atoms with van der Waals surface area (Å²) in [5.74, 6) is -0.887. The molecule has 3 aromatic rings. The van der Waals surface area contributed by atoms with Crippen molar-refractivity contribution >= 4 is 45.0 Å². The fourth-order valence-electron chi connectivity index (χ4n) is 3.68. The van der Waals surface area contributed by atoms with Gasteiger partial charge in [0.1, 0.15) is 6.04 Å². The van der Waals surface area contributed by atoms with Gasteiger partial charge in [-0.2, -0.15) is 4.31 Å². The molecule has 2 amide bonds. The van der Waals surface area contributed by atoms with E-state index in [1.807, 2.05) is 36.4 Å². The van der Waals surface area contributed by atoms with Gasteiger partial charge in [-0.1, -0.05) is 89.9 Å². The number of sulfonamides is 1. The lowest BCUT2D eigenvalue weighted by Crippen LogP contribution is -2.50. The van der Waals surface area contributed by atoms with Crippen LogP contribution in [0.4, 0.5) is 0 Å². The third kappa shape index (κ3) is 8.57. The third-order valence-electron chi connectivity index (χ3n) is 5.81. The molecule has 1 N–H and O–H groups in total. The van der Waals surface area contributed by atoms with E-state index in [4.69, 9.17) is 23.2 Å². The Balaban J connectivity index is 1.79. The summed E-state index contributed by atoms with van der Waals surface area (Å²) >= 11 is 12.2. The second-order valence-electron chi connectivity index (χ2n) is 8.65. The minimum absolute atomic E-state index is 0.0419. The van der Waals surface area contributed by atoms with Gasteiger partial charge in [-0.15, -0.1) is 0 Å². The Labute approximate surface area is 228 Å². The van der Waals surface area contributed by atoms with E-state index >= 15 is 0 Å². The second kappa shape index (κ2) is 13.1. The van der Waals surface area contributed by atoms with Crippen molar-refractivity contribution in [3.8, 4) is 0 Å². The first-order valence-electron chi connectivity index (χ1n) is 11.6. The van der Waals surface area contributed by atoms with Crippen LogP contribution in [0.2, 0.25) is 10.0 Å². The smallest absolute Gasteiger partial charge is 0.242 e. The van der Waals surface area contributed by atoms with Crippen molar-refractivity contribution in [3.63, 3.8) is 0 Å². The molecule has 37 heavy (non-hydrogen) atoms. The summed E-state index contributed by atoms with van der Waals surface area (Å²) in [7, 11) is -3.71. The average molecular weight is 563 g/mol. The summed E-state index contributed by atoms with van der Waals surface area (Å²) in [6.07, 6.45) is 1.07. The zero-order valence-corrected chi connectivity index (χ0v) is 22.9. The van der Waals surface area contributed by atoms with E-state index in [0.29, 0.717) is 15.6 Å². The molecule has 1 atom stereocenters.